The number of ether oxygens (including phenoxy) is 1. The molecule has 1 aliphatic heterocycles. The largest absolute Gasteiger partial charge is 0.386 e. The maximum Gasteiger partial charge on any atom is 0.270 e. The van der Waals surface area contributed by atoms with E-state index in [1.54, 1.807) is 6.07 Å². The van der Waals surface area contributed by atoms with Crippen molar-refractivity contribution in [2.24, 2.45) is 0 Å². The summed E-state index contributed by atoms with van der Waals surface area (Å²) in [5.74, 6) is 0. The van der Waals surface area contributed by atoms with Crippen LogP contribution >= 0.6 is 11.6 Å². The van der Waals surface area contributed by atoms with Crippen LogP contribution in [0.4, 0.5) is 5.69 Å². The van der Waals surface area contributed by atoms with E-state index in [0.29, 0.717) is 37.7 Å². The number of nitro groups is 1. The van der Waals surface area contributed by atoms with E-state index in [9.17, 15) is 15.2 Å². The third kappa shape index (κ3) is 3.63. The lowest BCUT2D eigenvalue weighted by atomic mass is 10.0. The summed E-state index contributed by atoms with van der Waals surface area (Å²) in [6, 6.07) is 4.35. The minimum absolute atomic E-state index is 0.0310. The Bertz CT molecular complexity index is 475. The highest BCUT2D eigenvalue weighted by Crippen LogP contribution is 2.23. The van der Waals surface area contributed by atoms with Crippen LogP contribution in [0.3, 0.4) is 0 Å². The lowest BCUT2D eigenvalue weighted by Crippen LogP contribution is -2.40. The molecule has 0 aromatic heterocycles. The lowest BCUT2D eigenvalue weighted by molar-refractivity contribution is -0.384. The first-order valence-electron chi connectivity index (χ1n) is 5.94. The minimum atomic E-state index is -0.826. The first-order chi connectivity index (χ1) is 9.00. The Balaban J connectivity index is 1.91. The Kier molecular flexibility index (Phi) is 4.36. The number of non-ortho nitro benzene ring substituents is 1. The Hall–Kier alpha value is -1.21. The molecule has 0 saturated carbocycles. The second kappa shape index (κ2) is 5.83. The molecule has 1 fully saturated rings. The molecule has 0 bridgehead atoms. The first kappa shape index (κ1) is 14.2. The second-order valence-electron chi connectivity index (χ2n) is 4.66. The van der Waals surface area contributed by atoms with E-state index in [2.05, 4.69) is 5.32 Å². The van der Waals surface area contributed by atoms with Crippen molar-refractivity contribution in [3.63, 3.8) is 0 Å². The van der Waals surface area contributed by atoms with Gasteiger partial charge < -0.3 is 15.2 Å². The van der Waals surface area contributed by atoms with E-state index < -0.39 is 10.5 Å². The monoisotopic (exact) mass is 286 g/mol. The van der Waals surface area contributed by atoms with Gasteiger partial charge in [0.1, 0.15) is 5.60 Å². The van der Waals surface area contributed by atoms with Gasteiger partial charge in [0, 0.05) is 38.2 Å². The van der Waals surface area contributed by atoms with Gasteiger partial charge in [0.15, 0.2) is 0 Å². The summed E-state index contributed by atoms with van der Waals surface area (Å²) in [6.07, 6.45) is 0.605. The quantitative estimate of drug-likeness (QED) is 0.633. The van der Waals surface area contributed by atoms with Crippen molar-refractivity contribution in [2.45, 2.75) is 18.6 Å². The predicted octanol–water partition coefficient (Wildman–Crippen LogP) is 1.49. The average Bonchev–Trinajstić information content (AvgIpc) is 2.78. The second-order valence-corrected chi connectivity index (χ2v) is 5.07. The van der Waals surface area contributed by atoms with E-state index in [4.69, 9.17) is 16.3 Å². The number of aliphatic hydroxyl groups is 1. The lowest BCUT2D eigenvalue weighted by Gasteiger charge is -2.20. The summed E-state index contributed by atoms with van der Waals surface area (Å²) in [5.41, 5.74) is -0.0980. The molecule has 0 spiro atoms. The number of nitrogens with one attached hydrogen (secondary N) is 1. The highest BCUT2D eigenvalue weighted by atomic mass is 35.5. The van der Waals surface area contributed by atoms with Gasteiger partial charge in [-0.25, -0.2) is 0 Å². The summed E-state index contributed by atoms with van der Waals surface area (Å²) >= 11 is 5.97. The molecule has 1 unspecified atom stereocenters. The van der Waals surface area contributed by atoms with Crippen molar-refractivity contribution < 1.29 is 14.8 Å². The van der Waals surface area contributed by atoms with E-state index in [0.717, 1.165) is 5.56 Å². The van der Waals surface area contributed by atoms with E-state index in [1.807, 2.05) is 0 Å². The summed E-state index contributed by atoms with van der Waals surface area (Å²) < 4.78 is 5.14. The zero-order valence-corrected chi connectivity index (χ0v) is 11.0. The average molecular weight is 287 g/mol. The third-order valence-electron chi connectivity index (χ3n) is 3.10. The Labute approximate surface area is 115 Å². The van der Waals surface area contributed by atoms with Gasteiger partial charge in [0.05, 0.1) is 16.6 Å². The molecule has 7 heteroatoms. The Morgan fingerprint density at radius 1 is 1.58 bits per heavy atom. The van der Waals surface area contributed by atoms with Crippen molar-refractivity contribution in [1.82, 2.24) is 5.32 Å². The number of rotatable bonds is 5. The molecular weight excluding hydrogens is 272 g/mol. The van der Waals surface area contributed by atoms with Gasteiger partial charge in [0.25, 0.3) is 5.69 Å². The molecule has 1 atom stereocenters. The molecule has 2 N–H and O–H groups in total. The third-order valence-corrected chi connectivity index (χ3v) is 3.45. The number of halogens is 1. The number of benzene rings is 1. The van der Waals surface area contributed by atoms with Gasteiger partial charge in [0.2, 0.25) is 0 Å². The molecule has 1 aliphatic rings. The van der Waals surface area contributed by atoms with Crippen LogP contribution in [0.25, 0.3) is 0 Å². The molecule has 104 valence electrons. The normalized spacial score (nSPS) is 22.6. The van der Waals surface area contributed by atoms with Crippen LogP contribution in [-0.4, -0.2) is 35.4 Å². The van der Waals surface area contributed by atoms with Gasteiger partial charge in [-0.15, -0.1) is 0 Å². The fraction of sp³-hybridized carbons (Fsp3) is 0.500. The molecule has 0 aliphatic carbocycles. The molecule has 0 radical (unpaired) electrons. The van der Waals surface area contributed by atoms with Gasteiger partial charge in [-0.2, -0.15) is 0 Å². The van der Waals surface area contributed by atoms with Crippen molar-refractivity contribution in [1.29, 1.82) is 0 Å². The predicted molar refractivity (Wildman–Crippen MR) is 70.2 cm³/mol. The summed E-state index contributed by atoms with van der Waals surface area (Å²) in [6.45, 7) is 1.74. The molecule has 6 nitrogen and oxygen atoms in total. The molecule has 1 heterocycles. The standard InChI is InChI=1S/C12H15ClN2O4/c13-11-5-10(15(17)18)2-1-9(11)6-14-7-12(16)3-4-19-8-12/h1-2,5,14,16H,3-4,6-8H2. The van der Waals surface area contributed by atoms with E-state index >= 15 is 0 Å². The van der Waals surface area contributed by atoms with Crippen LogP contribution in [0, 0.1) is 10.1 Å². The molecule has 1 aromatic carbocycles. The number of nitrogens with zero attached hydrogens (tertiary/aromatic N) is 1. The molecule has 19 heavy (non-hydrogen) atoms. The zero-order chi connectivity index (χ0) is 13.9. The van der Waals surface area contributed by atoms with E-state index in [1.165, 1.54) is 12.1 Å². The summed E-state index contributed by atoms with van der Waals surface area (Å²) in [5, 5.41) is 24.1. The summed E-state index contributed by atoms with van der Waals surface area (Å²) in [4.78, 5) is 10.1. The highest BCUT2D eigenvalue weighted by molar-refractivity contribution is 6.31. The van der Waals surface area contributed by atoms with E-state index in [-0.39, 0.29) is 5.69 Å². The summed E-state index contributed by atoms with van der Waals surface area (Å²) in [7, 11) is 0. The van der Waals surface area contributed by atoms with Crippen LogP contribution in [0.2, 0.25) is 5.02 Å². The molecule has 0 amide bonds. The highest BCUT2D eigenvalue weighted by Gasteiger charge is 2.31. The van der Waals surface area contributed by atoms with Gasteiger partial charge in [-0.1, -0.05) is 11.6 Å². The fourth-order valence-corrected chi connectivity index (χ4v) is 2.20. The van der Waals surface area contributed by atoms with Crippen molar-refractivity contribution in [3.05, 3.63) is 38.9 Å². The zero-order valence-electron chi connectivity index (χ0n) is 10.3. The smallest absolute Gasteiger partial charge is 0.270 e. The maximum absolute atomic E-state index is 10.6. The van der Waals surface area contributed by atoms with Crippen LogP contribution < -0.4 is 5.32 Å². The fourth-order valence-electron chi connectivity index (χ4n) is 1.96. The number of nitro benzene ring substituents is 1. The maximum atomic E-state index is 10.6. The van der Waals surface area contributed by atoms with Crippen LogP contribution in [0.1, 0.15) is 12.0 Å². The van der Waals surface area contributed by atoms with Crippen molar-refractivity contribution in [2.75, 3.05) is 19.8 Å². The molecular formula is C12H15ClN2O4. The van der Waals surface area contributed by atoms with Crippen molar-refractivity contribution >= 4 is 17.3 Å². The SMILES string of the molecule is O=[N+]([O-])c1ccc(CNCC2(O)CCOC2)c(Cl)c1. The molecule has 1 aromatic rings. The first-order valence-corrected chi connectivity index (χ1v) is 6.32. The van der Waals surface area contributed by atoms with Gasteiger partial charge >= 0.3 is 0 Å². The molecule has 2 rings (SSSR count). The molecule has 1 saturated heterocycles. The van der Waals surface area contributed by atoms with Crippen LogP contribution in [-0.2, 0) is 11.3 Å². The van der Waals surface area contributed by atoms with Crippen LogP contribution in [0.15, 0.2) is 18.2 Å². The van der Waals surface area contributed by atoms with Crippen LogP contribution in [0.5, 0.6) is 0 Å². The Morgan fingerprint density at radius 3 is 2.95 bits per heavy atom. The van der Waals surface area contributed by atoms with Gasteiger partial charge in [-0.3, -0.25) is 10.1 Å². The topological polar surface area (TPSA) is 84.6 Å². The minimum Gasteiger partial charge on any atom is -0.386 e. The number of hydrogen-bond acceptors (Lipinski definition) is 5. The number of hydrogen-bond donors (Lipinski definition) is 2. The van der Waals surface area contributed by atoms with Crippen molar-refractivity contribution in [3.8, 4) is 0 Å². The Morgan fingerprint density at radius 2 is 2.37 bits per heavy atom. The van der Waals surface area contributed by atoms with Gasteiger partial charge in [-0.05, 0) is 11.6 Å².